The third kappa shape index (κ3) is 5.16. The summed E-state index contributed by atoms with van der Waals surface area (Å²) in [5.74, 6) is 0.784. The number of ether oxygens (including phenoxy) is 1. The number of nitrogens with zero attached hydrogens (tertiary/aromatic N) is 1. The first-order valence-electron chi connectivity index (χ1n) is 9.71. The van der Waals surface area contributed by atoms with Gasteiger partial charge < -0.3 is 15.4 Å². The molecule has 8 heteroatoms. The first-order valence-corrected chi connectivity index (χ1v) is 10.5. The Morgan fingerprint density at radius 2 is 1.77 bits per heavy atom. The molecule has 4 rings (SSSR count). The van der Waals surface area contributed by atoms with E-state index in [1.807, 2.05) is 0 Å². The Hall–Kier alpha value is -3.09. The molecule has 1 heterocycles. The summed E-state index contributed by atoms with van der Waals surface area (Å²) in [4.78, 5) is 28.8. The van der Waals surface area contributed by atoms with Crippen molar-refractivity contribution in [2.45, 2.75) is 13.3 Å². The van der Waals surface area contributed by atoms with E-state index in [0.29, 0.717) is 33.6 Å². The van der Waals surface area contributed by atoms with Crippen LogP contribution in [0.2, 0.25) is 10.0 Å². The summed E-state index contributed by atoms with van der Waals surface area (Å²) in [5, 5.41) is 6.35. The second-order valence-electron chi connectivity index (χ2n) is 7.38. The minimum atomic E-state index is -0.320. The molecule has 0 bridgehead atoms. The summed E-state index contributed by atoms with van der Waals surface area (Å²) in [6.07, 6.45) is 2.35. The van der Waals surface area contributed by atoms with Crippen molar-refractivity contribution in [2.24, 2.45) is 11.8 Å². The average molecular weight is 456 g/mol. The second kappa shape index (κ2) is 8.96. The van der Waals surface area contributed by atoms with Gasteiger partial charge in [-0.05, 0) is 54.8 Å². The molecular weight excluding hydrogens is 437 g/mol. The Morgan fingerprint density at radius 1 is 1.06 bits per heavy atom. The summed E-state index contributed by atoms with van der Waals surface area (Å²) in [7, 11) is 0. The van der Waals surface area contributed by atoms with Crippen LogP contribution in [0, 0.1) is 11.8 Å². The highest BCUT2D eigenvalue weighted by molar-refractivity contribution is 6.35. The molecule has 158 valence electrons. The lowest BCUT2D eigenvalue weighted by Gasteiger charge is -2.13. The van der Waals surface area contributed by atoms with Crippen molar-refractivity contribution in [2.75, 3.05) is 10.6 Å². The van der Waals surface area contributed by atoms with Crippen LogP contribution in [0.25, 0.3) is 0 Å². The molecule has 2 N–H and O–H groups in total. The zero-order valence-corrected chi connectivity index (χ0v) is 18.1. The van der Waals surface area contributed by atoms with Gasteiger partial charge in [-0.3, -0.25) is 9.59 Å². The highest BCUT2D eigenvalue weighted by Crippen LogP contribution is 2.38. The van der Waals surface area contributed by atoms with E-state index < -0.39 is 0 Å². The third-order valence-corrected chi connectivity index (χ3v) is 5.45. The third-order valence-electron chi connectivity index (χ3n) is 4.98. The van der Waals surface area contributed by atoms with Crippen molar-refractivity contribution >= 4 is 46.4 Å². The van der Waals surface area contributed by atoms with E-state index in [1.165, 1.54) is 12.3 Å². The Morgan fingerprint density at radius 3 is 2.45 bits per heavy atom. The van der Waals surface area contributed by atoms with Gasteiger partial charge in [0.05, 0.1) is 10.7 Å². The van der Waals surface area contributed by atoms with Crippen molar-refractivity contribution in [1.82, 2.24) is 4.98 Å². The summed E-state index contributed by atoms with van der Waals surface area (Å²) in [5.41, 5.74) is 1.56. The lowest BCUT2D eigenvalue weighted by Crippen LogP contribution is -2.15. The number of aromatic nitrogens is 1. The molecule has 0 spiro atoms. The molecule has 2 aromatic carbocycles. The number of amides is 2. The minimum absolute atomic E-state index is 0.0187. The number of hydrogen-bond acceptors (Lipinski definition) is 4. The number of carbonyl (C=O) groups excluding carboxylic acids is 2. The maximum absolute atomic E-state index is 12.7. The van der Waals surface area contributed by atoms with E-state index in [4.69, 9.17) is 27.9 Å². The number of para-hydroxylation sites is 2. The van der Waals surface area contributed by atoms with Gasteiger partial charge in [-0.1, -0.05) is 42.3 Å². The number of pyridine rings is 1. The Labute approximate surface area is 189 Å². The van der Waals surface area contributed by atoms with Gasteiger partial charge in [0.1, 0.15) is 5.02 Å². The van der Waals surface area contributed by atoms with E-state index >= 15 is 0 Å². The van der Waals surface area contributed by atoms with Crippen LogP contribution >= 0.6 is 23.2 Å². The lowest BCUT2D eigenvalue weighted by molar-refractivity contribution is -0.117. The first kappa shape index (κ1) is 21.2. The molecule has 1 aromatic heterocycles. The number of rotatable bonds is 6. The SMILES string of the molecule is CC1CC1C(=O)Nc1ccc(C(=O)Nc2ccccc2Oc2ncc(Cl)cc2Cl)cc1. The smallest absolute Gasteiger partial charge is 0.255 e. The molecule has 0 saturated heterocycles. The second-order valence-corrected chi connectivity index (χ2v) is 8.22. The molecule has 1 fully saturated rings. The highest BCUT2D eigenvalue weighted by atomic mass is 35.5. The van der Waals surface area contributed by atoms with Crippen molar-refractivity contribution in [3.05, 3.63) is 76.4 Å². The van der Waals surface area contributed by atoms with Crippen molar-refractivity contribution < 1.29 is 14.3 Å². The summed E-state index contributed by atoms with van der Waals surface area (Å²) >= 11 is 12.0. The van der Waals surface area contributed by atoms with Gasteiger partial charge in [0, 0.05) is 23.4 Å². The van der Waals surface area contributed by atoms with Crippen LogP contribution in [0.3, 0.4) is 0 Å². The number of carbonyl (C=O) groups is 2. The normalized spacial score (nSPS) is 17.0. The Kier molecular flexibility index (Phi) is 6.11. The van der Waals surface area contributed by atoms with Gasteiger partial charge in [-0.15, -0.1) is 0 Å². The molecule has 2 atom stereocenters. The topological polar surface area (TPSA) is 80.3 Å². The van der Waals surface area contributed by atoms with Gasteiger partial charge in [0.15, 0.2) is 5.75 Å². The Balaban J connectivity index is 1.44. The largest absolute Gasteiger partial charge is 0.435 e. The van der Waals surface area contributed by atoms with E-state index in [2.05, 4.69) is 22.5 Å². The van der Waals surface area contributed by atoms with E-state index in [9.17, 15) is 9.59 Å². The van der Waals surface area contributed by atoms with Gasteiger partial charge in [-0.25, -0.2) is 4.98 Å². The maximum Gasteiger partial charge on any atom is 0.255 e. The average Bonchev–Trinajstić information content (AvgIpc) is 3.48. The van der Waals surface area contributed by atoms with Crippen LogP contribution in [-0.4, -0.2) is 16.8 Å². The molecule has 1 saturated carbocycles. The lowest BCUT2D eigenvalue weighted by atomic mass is 10.1. The molecular formula is C23H19Cl2N3O3. The Bertz CT molecular complexity index is 1140. The van der Waals surface area contributed by atoms with Gasteiger partial charge in [0.2, 0.25) is 11.8 Å². The number of halogens is 2. The van der Waals surface area contributed by atoms with Crippen LogP contribution in [0.5, 0.6) is 11.6 Å². The van der Waals surface area contributed by atoms with Crippen molar-refractivity contribution in [3.8, 4) is 11.6 Å². The number of benzene rings is 2. The van der Waals surface area contributed by atoms with Crippen LogP contribution in [0.15, 0.2) is 60.8 Å². The quantitative estimate of drug-likeness (QED) is 0.475. The predicted molar refractivity (Wildman–Crippen MR) is 121 cm³/mol. The zero-order chi connectivity index (χ0) is 22.0. The molecule has 6 nitrogen and oxygen atoms in total. The van der Waals surface area contributed by atoms with Gasteiger partial charge in [-0.2, -0.15) is 0 Å². The van der Waals surface area contributed by atoms with E-state index in [1.54, 1.807) is 48.5 Å². The molecule has 1 aliphatic rings. The van der Waals surface area contributed by atoms with Gasteiger partial charge >= 0.3 is 0 Å². The number of hydrogen-bond donors (Lipinski definition) is 2. The summed E-state index contributed by atoms with van der Waals surface area (Å²) in [6.45, 7) is 2.05. The van der Waals surface area contributed by atoms with Gasteiger partial charge in [0.25, 0.3) is 5.91 Å². The van der Waals surface area contributed by atoms with Crippen molar-refractivity contribution in [1.29, 1.82) is 0 Å². The molecule has 0 aliphatic heterocycles. The van der Waals surface area contributed by atoms with Crippen molar-refractivity contribution in [3.63, 3.8) is 0 Å². The minimum Gasteiger partial charge on any atom is -0.435 e. The zero-order valence-electron chi connectivity index (χ0n) is 16.6. The first-order chi connectivity index (χ1) is 14.9. The van der Waals surface area contributed by atoms with Crippen LogP contribution < -0.4 is 15.4 Å². The fraction of sp³-hybridized carbons (Fsp3) is 0.174. The highest BCUT2D eigenvalue weighted by Gasteiger charge is 2.39. The van der Waals surface area contributed by atoms with Crippen LogP contribution in [-0.2, 0) is 4.79 Å². The van der Waals surface area contributed by atoms with Crippen LogP contribution in [0.4, 0.5) is 11.4 Å². The molecule has 1 aliphatic carbocycles. The van der Waals surface area contributed by atoms with Crippen LogP contribution in [0.1, 0.15) is 23.7 Å². The summed E-state index contributed by atoms with van der Waals surface area (Å²) < 4.78 is 5.77. The van der Waals surface area contributed by atoms with E-state index in [0.717, 1.165) is 6.42 Å². The standard InChI is InChI=1S/C23H19Cl2N3O3/c1-13-10-17(13)22(30)27-16-8-6-14(7-9-16)21(29)28-19-4-2-3-5-20(19)31-23-18(25)11-15(24)12-26-23/h2-9,11-13,17H,10H2,1H3,(H,27,30)(H,28,29). The number of anilines is 2. The monoisotopic (exact) mass is 455 g/mol. The molecule has 3 aromatic rings. The summed E-state index contributed by atoms with van der Waals surface area (Å²) in [6, 6.07) is 15.2. The number of nitrogens with one attached hydrogen (secondary N) is 2. The fourth-order valence-corrected chi connectivity index (χ4v) is 3.48. The maximum atomic E-state index is 12.7. The fourth-order valence-electron chi connectivity index (χ4n) is 3.06. The predicted octanol–water partition coefficient (Wildman–Crippen LogP) is 6.03. The molecule has 2 unspecified atom stereocenters. The van der Waals surface area contributed by atoms with E-state index in [-0.39, 0.29) is 28.6 Å². The molecule has 0 radical (unpaired) electrons. The molecule has 2 amide bonds. The molecule has 31 heavy (non-hydrogen) atoms.